The molecule has 0 radical (unpaired) electrons. The average Bonchev–Trinajstić information content (AvgIpc) is 2.67. The van der Waals surface area contributed by atoms with Gasteiger partial charge in [0.25, 0.3) is 6.43 Å². The summed E-state index contributed by atoms with van der Waals surface area (Å²) < 4.78 is 27.4. The molecule has 19 heavy (non-hydrogen) atoms. The zero-order chi connectivity index (χ0) is 14.2. The molecular formula is C12H15F2N5. The van der Waals surface area contributed by atoms with E-state index < -0.39 is 6.43 Å². The van der Waals surface area contributed by atoms with Crippen LogP contribution >= 0.6 is 0 Å². The molecule has 2 aromatic rings. The van der Waals surface area contributed by atoms with Crippen LogP contribution < -0.4 is 4.90 Å². The topological polar surface area (TPSA) is 46.8 Å². The molecule has 0 aliphatic carbocycles. The lowest BCUT2D eigenvalue weighted by molar-refractivity contribution is 0.146. The van der Waals surface area contributed by atoms with Crippen LogP contribution in [0.1, 0.15) is 17.8 Å². The first-order chi connectivity index (χ1) is 8.88. The molecule has 2 heterocycles. The van der Waals surface area contributed by atoms with Gasteiger partial charge in [0, 0.05) is 32.9 Å². The van der Waals surface area contributed by atoms with Crippen LogP contribution in [0.4, 0.5) is 14.7 Å². The third kappa shape index (κ3) is 2.69. The minimum atomic E-state index is -2.63. The summed E-state index contributed by atoms with van der Waals surface area (Å²) in [5.74, 6) is 0.260. The first-order valence-electron chi connectivity index (χ1n) is 5.73. The molecule has 0 aromatic carbocycles. The molecule has 102 valence electrons. The maximum Gasteiger partial charge on any atom is 0.280 e. The maximum absolute atomic E-state index is 12.9. The molecule has 0 fully saturated rings. The Balaban J connectivity index is 2.59. The van der Waals surface area contributed by atoms with Crippen LogP contribution in [0.2, 0.25) is 0 Å². The van der Waals surface area contributed by atoms with Crippen molar-refractivity contribution in [3.63, 3.8) is 0 Å². The second kappa shape index (κ2) is 4.91. The van der Waals surface area contributed by atoms with Gasteiger partial charge >= 0.3 is 0 Å². The highest BCUT2D eigenvalue weighted by Crippen LogP contribution is 2.26. The van der Waals surface area contributed by atoms with Crippen molar-refractivity contribution < 1.29 is 8.78 Å². The van der Waals surface area contributed by atoms with E-state index in [9.17, 15) is 8.78 Å². The summed E-state index contributed by atoms with van der Waals surface area (Å²) in [4.78, 5) is 9.72. The highest BCUT2D eigenvalue weighted by atomic mass is 19.3. The molecule has 0 unspecified atom stereocenters. The minimum absolute atomic E-state index is 0.260. The number of nitrogens with zero attached hydrogens (tertiary/aromatic N) is 5. The maximum atomic E-state index is 12.9. The molecule has 0 aliphatic heterocycles. The van der Waals surface area contributed by atoms with Gasteiger partial charge in [0.15, 0.2) is 0 Å². The predicted octanol–water partition coefficient (Wildman–Crippen LogP) is 2.19. The van der Waals surface area contributed by atoms with Crippen LogP contribution in [-0.2, 0) is 7.05 Å². The summed E-state index contributed by atoms with van der Waals surface area (Å²) in [5, 5.41) is 4.19. The molecule has 0 amide bonds. The van der Waals surface area contributed by atoms with Crippen LogP contribution in [0, 0.1) is 6.92 Å². The molecule has 5 nitrogen and oxygen atoms in total. The fourth-order valence-electron chi connectivity index (χ4n) is 1.75. The average molecular weight is 267 g/mol. The van der Waals surface area contributed by atoms with Crippen molar-refractivity contribution in [3.05, 3.63) is 23.7 Å². The lowest BCUT2D eigenvalue weighted by Gasteiger charge is -2.13. The number of hydrogen-bond acceptors (Lipinski definition) is 4. The Morgan fingerprint density at radius 1 is 1.26 bits per heavy atom. The second-order valence-electron chi connectivity index (χ2n) is 4.48. The molecule has 0 saturated heterocycles. The second-order valence-corrected chi connectivity index (χ2v) is 4.48. The minimum Gasteiger partial charge on any atom is -0.347 e. The zero-order valence-corrected chi connectivity index (χ0v) is 11.2. The van der Waals surface area contributed by atoms with Crippen LogP contribution in [0.3, 0.4) is 0 Å². The van der Waals surface area contributed by atoms with Crippen LogP contribution in [0.25, 0.3) is 11.3 Å². The molecular weight excluding hydrogens is 252 g/mol. The number of anilines is 1. The highest BCUT2D eigenvalue weighted by Gasteiger charge is 2.17. The van der Waals surface area contributed by atoms with Gasteiger partial charge in [-0.25, -0.2) is 18.7 Å². The molecule has 0 atom stereocenters. The van der Waals surface area contributed by atoms with Crippen molar-refractivity contribution in [2.75, 3.05) is 19.0 Å². The van der Waals surface area contributed by atoms with E-state index in [-0.39, 0.29) is 11.6 Å². The summed E-state index contributed by atoms with van der Waals surface area (Å²) in [7, 11) is 5.20. The van der Waals surface area contributed by atoms with E-state index in [0.29, 0.717) is 5.69 Å². The summed E-state index contributed by atoms with van der Waals surface area (Å²) in [6.07, 6.45) is -0.871. The van der Waals surface area contributed by atoms with Crippen molar-refractivity contribution in [2.24, 2.45) is 7.05 Å². The molecule has 7 heteroatoms. The van der Waals surface area contributed by atoms with E-state index in [1.165, 1.54) is 6.07 Å². The van der Waals surface area contributed by atoms with E-state index in [0.717, 1.165) is 11.3 Å². The van der Waals surface area contributed by atoms with Gasteiger partial charge < -0.3 is 4.90 Å². The summed E-state index contributed by atoms with van der Waals surface area (Å²) in [5.41, 5.74) is 1.65. The Bertz CT molecular complexity index is 566. The van der Waals surface area contributed by atoms with E-state index in [2.05, 4.69) is 15.1 Å². The van der Waals surface area contributed by atoms with Gasteiger partial charge in [-0.3, -0.25) is 4.68 Å². The molecule has 0 N–H and O–H groups in total. The van der Waals surface area contributed by atoms with Crippen LogP contribution in [-0.4, -0.2) is 33.8 Å². The summed E-state index contributed by atoms with van der Waals surface area (Å²) in [6.45, 7) is 1.81. The first kappa shape index (κ1) is 13.4. The lowest BCUT2D eigenvalue weighted by Crippen LogP contribution is -2.14. The van der Waals surface area contributed by atoms with Gasteiger partial charge in [0.1, 0.15) is 5.69 Å². The molecule has 0 saturated carbocycles. The number of hydrogen-bond donors (Lipinski definition) is 0. The van der Waals surface area contributed by atoms with Crippen molar-refractivity contribution in [3.8, 4) is 11.3 Å². The van der Waals surface area contributed by atoms with E-state index in [1.54, 1.807) is 36.9 Å². The third-order valence-electron chi connectivity index (χ3n) is 2.65. The summed E-state index contributed by atoms with van der Waals surface area (Å²) in [6, 6.07) is 1.31. The Hall–Kier alpha value is -2.05. The molecule has 0 bridgehead atoms. The molecule has 0 spiro atoms. The van der Waals surface area contributed by atoms with Gasteiger partial charge in [-0.05, 0) is 13.0 Å². The van der Waals surface area contributed by atoms with E-state index in [4.69, 9.17) is 0 Å². The van der Waals surface area contributed by atoms with Crippen LogP contribution in [0.5, 0.6) is 0 Å². The summed E-state index contributed by atoms with van der Waals surface area (Å²) >= 11 is 0. The highest BCUT2D eigenvalue weighted by molar-refractivity contribution is 5.62. The zero-order valence-electron chi connectivity index (χ0n) is 11.2. The Kier molecular flexibility index (Phi) is 3.46. The quantitative estimate of drug-likeness (QED) is 0.855. The number of halogens is 2. The van der Waals surface area contributed by atoms with E-state index in [1.807, 2.05) is 6.92 Å². The van der Waals surface area contributed by atoms with Crippen LogP contribution in [0.15, 0.2) is 12.3 Å². The lowest BCUT2D eigenvalue weighted by atomic mass is 10.1. The third-order valence-corrected chi connectivity index (χ3v) is 2.65. The first-order valence-corrected chi connectivity index (χ1v) is 5.73. The van der Waals surface area contributed by atoms with Gasteiger partial charge in [0.2, 0.25) is 5.95 Å². The Morgan fingerprint density at radius 3 is 2.42 bits per heavy atom. The number of aromatic nitrogens is 4. The standard InChI is InChI=1S/C12H15F2N5/c1-7-8(6-19(4)17-7)9-5-10(11(13)14)16-12(15-9)18(2)3/h5-6,11H,1-4H3. The molecule has 2 aromatic heterocycles. The number of aryl methyl sites for hydroxylation is 2. The van der Waals surface area contributed by atoms with Gasteiger partial charge in [0.05, 0.1) is 11.4 Å². The number of rotatable bonds is 3. The van der Waals surface area contributed by atoms with Gasteiger partial charge in [-0.1, -0.05) is 0 Å². The predicted molar refractivity (Wildman–Crippen MR) is 68.3 cm³/mol. The van der Waals surface area contributed by atoms with Crippen molar-refractivity contribution in [1.29, 1.82) is 0 Å². The van der Waals surface area contributed by atoms with E-state index >= 15 is 0 Å². The van der Waals surface area contributed by atoms with Crippen molar-refractivity contribution in [2.45, 2.75) is 13.3 Å². The smallest absolute Gasteiger partial charge is 0.280 e. The fourth-order valence-corrected chi connectivity index (χ4v) is 1.75. The monoisotopic (exact) mass is 267 g/mol. The normalized spacial score (nSPS) is 11.1. The van der Waals surface area contributed by atoms with Crippen molar-refractivity contribution in [1.82, 2.24) is 19.7 Å². The Morgan fingerprint density at radius 2 is 1.95 bits per heavy atom. The molecule has 0 aliphatic rings. The largest absolute Gasteiger partial charge is 0.347 e. The van der Waals surface area contributed by atoms with Gasteiger partial charge in [-0.2, -0.15) is 5.10 Å². The SMILES string of the molecule is Cc1nn(C)cc1-c1cc(C(F)F)nc(N(C)C)n1. The molecule has 2 rings (SSSR count). The fraction of sp³-hybridized carbons (Fsp3) is 0.417. The number of alkyl halides is 2. The van der Waals surface area contributed by atoms with Crippen molar-refractivity contribution >= 4 is 5.95 Å². The Labute approximate surface area is 109 Å². The van der Waals surface area contributed by atoms with Gasteiger partial charge in [-0.15, -0.1) is 0 Å².